The number of anilines is 1. The fourth-order valence-electron chi connectivity index (χ4n) is 3.72. The predicted octanol–water partition coefficient (Wildman–Crippen LogP) is 5.06. The van der Waals surface area contributed by atoms with Gasteiger partial charge in [-0.25, -0.2) is 4.39 Å². The summed E-state index contributed by atoms with van der Waals surface area (Å²) in [6, 6.07) is 22.3. The Hall–Kier alpha value is -2.39. The number of halogens is 1. The van der Waals surface area contributed by atoms with Crippen molar-refractivity contribution in [3.05, 3.63) is 78.1 Å². The van der Waals surface area contributed by atoms with Gasteiger partial charge in [-0.1, -0.05) is 48.5 Å². The van der Waals surface area contributed by atoms with Crippen molar-refractivity contribution in [3.63, 3.8) is 0 Å². The van der Waals surface area contributed by atoms with Crippen LogP contribution in [0.5, 0.6) is 0 Å². The first-order valence-corrected chi connectivity index (χ1v) is 8.99. The molecule has 25 heavy (non-hydrogen) atoms. The number of nitrogens with one attached hydrogen (secondary N) is 1. The van der Waals surface area contributed by atoms with Crippen LogP contribution in [0.4, 0.5) is 10.1 Å². The van der Waals surface area contributed by atoms with E-state index in [2.05, 4.69) is 52.7 Å². The summed E-state index contributed by atoms with van der Waals surface area (Å²) in [5, 5.41) is 6.13. The second-order valence-corrected chi connectivity index (χ2v) is 6.84. The molecule has 0 bridgehead atoms. The molecule has 1 heterocycles. The lowest BCUT2D eigenvalue weighted by atomic mass is 10.0. The van der Waals surface area contributed by atoms with Crippen LogP contribution < -0.4 is 5.32 Å². The summed E-state index contributed by atoms with van der Waals surface area (Å²) in [4.78, 5) is 2.52. The van der Waals surface area contributed by atoms with Crippen LogP contribution in [0.15, 0.2) is 66.7 Å². The Morgan fingerprint density at radius 3 is 2.52 bits per heavy atom. The third-order valence-electron chi connectivity index (χ3n) is 5.06. The van der Waals surface area contributed by atoms with Crippen LogP contribution >= 0.6 is 0 Å². The molecule has 0 saturated carbocycles. The van der Waals surface area contributed by atoms with Crippen molar-refractivity contribution < 1.29 is 4.39 Å². The summed E-state index contributed by atoms with van der Waals surface area (Å²) in [5.41, 5.74) is 2.28. The summed E-state index contributed by atoms with van der Waals surface area (Å²) < 4.78 is 13.3. The highest BCUT2D eigenvalue weighted by Gasteiger charge is 2.19. The zero-order valence-corrected chi connectivity index (χ0v) is 14.3. The third kappa shape index (κ3) is 3.83. The molecule has 0 amide bonds. The van der Waals surface area contributed by atoms with Crippen molar-refractivity contribution in [1.82, 2.24) is 4.90 Å². The van der Waals surface area contributed by atoms with Crippen LogP contribution in [-0.4, -0.2) is 24.0 Å². The van der Waals surface area contributed by atoms with Crippen LogP contribution in [0.3, 0.4) is 0 Å². The molecule has 128 valence electrons. The highest BCUT2D eigenvalue weighted by Crippen LogP contribution is 2.23. The number of hydrogen-bond donors (Lipinski definition) is 1. The lowest BCUT2D eigenvalue weighted by Crippen LogP contribution is -2.38. The minimum Gasteiger partial charge on any atom is -0.382 e. The van der Waals surface area contributed by atoms with Gasteiger partial charge in [-0.3, -0.25) is 4.90 Å². The normalized spacial score (nSPS) is 16.2. The molecule has 4 rings (SSSR count). The average molecular weight is 334 g/mol. The maximum absolute atomic E-state index is 13.3. The highest BCUT2D eigenvalue weighted by molar-refractivity contribution is 5.85. The fraction of sp³-hybridized carbons (Fsp3) is 0.273. The summed E-state index contributed by atoms with van der Waals surface area (Å²) in [7, 11) is 0. The fourth-order valence-corrected chi connectivity index (χ4v) is 3.72. The van der Waals surface area contributed by atoms with E-state index in [-0.39, 0.29) is 5.82 Å². The second kappa shape index (κ2) is 7.24. The summed E-state index contributed by atoms with van der Waals surface area (Å²) in [6.45, 7) is 3.13. The molecule has 1 N–H and O–H groups in total. The first-order chi connectivity index (χ1) is 12.3. The van der Waals surface area contributed by atoms with Crippen molar-refractivity contribution in [2.75, 3.05) is 18.4 Å². The number of likely N-dealkylation sites (tertiary alicyclic amines) is 1. The molecular formula is C22H23FN2. The molecule has 1 fully saturated rings. The van der Waals surface area contributed by atoms with Gasteiger partial charge in [0.1, 0.15) is 5.82 Å². The van der Waals surface area contributed by atoms with Crippen molar-refractivity contribution in [3.8, 4) is 0 Å². The van der Waals surface area contributed by atoms with Gasteiger partial charge < -0.3 is 5.32 Å². The van der Waals surface area contributed by atoms with Gasteiger partial charge in [-0.15, -0.1) is 0 Å². The lowest BCUT2D eigenvalue weighted by molar-refractivity contribution is 0.212. The van der Waals surface area contributed by atoms with Crippen molar-refractivity contribution in [1.29, 1.82) is 0 Å². The van der Waals surface area contributed by atoms with Gasteiger partial charge in [-0.2, -0.15) is 0 Å². The van der Waals surface area contributed by atoms with E-state index < -0.39 is 0 Å². The zero-order valence-electron chi connectivity index (χ0n) is 14.3. The van der Waals surface area contributed by atoms with E-state index in [1.54, 1.807) is 12.1 Å². The maximum Gasteiger partial charge on any atom is 0.125 e. The molecule has 2 nitrogen and oxygen atoms in total. The molecule has 3 aromatic carbocycles. The van der Waals surface area contributed by atoms with Crippen molar-refractivity contribution >= 4 is 16.5 Å². The van der Waals surface area contributed by atoms with Gasteiger partial charge in [0.25, 0.3) is 0 Å². The molecule has 3 aromatic rings. The molecule has 1 aliphatic heterocycles. The van der Waals surface area contributed by atoms with E-state index in [0.717, 1.165) is 38.2 Å². The Labute approximate surface area is 148 Å². The molecule has 1 aliphatic rings. The van der Waals surface area contributed by atoms with E-state index in [0.29, 0.717) is 6.04 Å². The number of fused-ring (bicyclic) bond motifs is 1. The zero-order chi connectivity index (χ0) is 17.1. The second-order valence-electron chi connectivity index (χ2n) is 6.84. The highest BCUT2D eigenvalue weighted by atomic mass is 19.1. The van der Waals surface area contributed by atoms with Crippen LogP contribution in [0.2, 0.25) is 0 Å². The largest absolute Gasteiger partial charge is 0.382 e. The molecule has 0 atom stereocenters. The van der Waals surface area contributed by atoms with Crippen molar-refractivity contribution in [2.24, 2.45) is 0 Å². The SMILES string of the molecule is Fc1cccc(NC2CCN(Cc3cccc4ccccc34)CC2)c1. The molecular weight excluding hydrogens is 311 g/mol. The summed E-state index contributed by atoms with van der Waals surface area (Å²) in [6.07, 6.45) is 2.17. The number of piperidine rings is 1. The topological polar surface area (TPSA) is 15.3 Å². The maximum atomic E-state index is 13.3. The third-order valence-corrected chi connectivity index (χ3v) is 5.06. The predicted molar refractivity (Wildman–Crippen MR) is 102 cm³/mol. The van der Waals surface area contributed by atoms with Gasteiger partial charge in [-0.05, 0) is 47.4 Å². The molecule has 0 aromatic heterocycles. The Morgan fingerprint density at radius 1 is 0.920 bits per heavy atom. The number of benzene rings is 3. The average Bonchev–Trinajstić information content (AvgIpc) is 2.64. The minimum atomic E-state index is -0.182. The summed E-state index contributed by atoms with van der Waals surface area (Å²) in [5.74, 6) is -0.182. The molecule has 0 radical (unpaired) electrons. The molecule has 1 saturated heterocycles. The van der Waals surface area contributed by atoms with Crippen LogP contribution in [0.1, 0.15) is 18.4 Å². The molecule has 0 aliphatic carbocycles. The smallest absolute Gasteiger partial charge is 0.125 e. The van der Waals surface area contributed by atoms with Crippen LogP contribution in [0, 0.1) is 5.82 Å². The Balaban J connectivity index is 1.37. The molecule has 3 heteroatoms. The first-order valence-electron chi connectivity index (χ1n) is 8.99. The van der Waals surface area contributed by atoms with Crippen molar-refractivity contribution in [2.45, 2.75) is 25.4 Å². The van der Waals surface area contributed by atoms with Gasteiger partial charge in [0.15, 0.2) is 0 Å². The number of hydrogen-bond acceptors (Lipinski definition) is 2. The van der Waals surface area contributed by atoms with Gasteiger partial charge in [0, 0.05) is 31.4 Å². The standard InChI is InChI=1S/C22H23FN2/c23-19-8-4-9-21(15-19)24-20-11-13-25(14-12-20)16-18-7-3-6-17-5-1-2-10-22(17)18/h1-10,15,20,24H,11-14,16H2. The Bertz CT molecular complexity index is 848. The van der Waals surface area contributed by atoms with E-state index in [4.69, 9.17) is 0 Å². The van der Waals surface area contributed by atoms with E-state index in [9.17, 15) is 4.39 Å². The molecule has 0 spiro atoms. The first kappa shape index (κ1) is 16.1. The van der Waals surface area contributed by atoms with Gasteiger partial charge in [0.2, 0.25) is 0 Å². The van der Waals surface area contributed by atoms with E-state index in [1.807, 2.05) is 6.07 Å². The monoisotopic (exact) mass is 334 g/mol. The Kier molecular flexibility index (Phi) is 4.66. The number of nitrogens with zero attached hydrogens (tertiary/aromatic N) is 1. The Morgan fingerprint density at radius 2 is 1.68 bits per heavy atom. The number of rotatable bonds is 4. The summed E-state index contributed by atoms with van der Waals surface area (Å²) >= 11 is 0. The minimum absolute atomic E-state index is 0.182. The van der Waals surface area contributed by atoms with E-state index in [1.165, 1.54) is 22.4 Å². The van der Waals surface area contributed by atoms with Gasteiger partial charge >= 0.3 is 0 Å². The molecule has 0 unspecified atom stereocenters. The van der Waals surface area contributed by atoms with Crippen LogP contribution in [0.25, 0.3) is 10.8 Å². The van der Waals surface area contributed by atoms with E-state index >= 15 is 0 Å². The van der Waals surface area contributed by atoms with Crippen LogP contribution in [-0.2, 0) is 6.54 Å². The lowest BCUT2D eigenvalue weighted by Gasteiger charge is -2.33. The van der Waals surface area contributed by atoms with Gasteiger partial charge in [0.05, 0.1) is 0 Å². The quantitative estimate of drug-likeness (QED) is 0.718.